The summed E-state index contributed by atoms with van der Waals surface area (Å²) in [4.78, 5) is 11.7. The van der Waals surface area contributed by atoms with Crippen LogP contribution >= 0.6 is 0 Å². The molecule has 24 heavy (non-hydrogen) atoms. The molecule has 4 nitrogen and oxygen atoms in total. The molecule has 2 heterocycles. The second kappa shape index (κ2) is 8.68. The highest BCUT2D eigenvalue weighted by Crippen LogP contribution is 2.31. The summed E-state index contributed by atoms with van der Waals surface area (Å²) in [6.45, 7) is 11.0. The Balaban J connectivity index is 1.95. The van der Waals surface area contributed by atoms with E-state index in [1.807, 2.05) is 0 Å². The van der Waals surface area contributed by atoms with E-state index in [-0.39, 0.29) is 0 Å². The van der Waals surface area contributed by atoms with Gasteiger partial charge in [-0.2, -0.15) is 4.98 Å². The van der Waals surface area contributed by atoms with Gasteiger partial charge in [-0.05, 0) is 38.0 Å². The smallest absolute Gasteiger partial charge is 0.227 e. The number of hydrogen-bond acceptors (Lipinski definition) is 4. The molecule has 2 N–H and O–H groups in total. The third-order valence-corrected chi connectivity index (χ3v) is 5.20. The van der Waals surface area contributed by atoms with Crippen molar-refractivity contribution in [1.29, 1.82) is 0 Å². The van der Waals surface area contributed by atoms with Gasteiger partial charge in [-0.1, -0.05) is 52.9 Å². The first-order valence-corrected chi connectivity index (χ1v) is 9.81. The number of unbranched alkanes of at least 4 members (excludes halogenated alkanes) is 5. The minimum atomic E-state index is 0.335. The Morgan fingerprint density at radius 2 is 1.79 bits per heavy atom. The first-order chi connectivity index (χ1) is 11.4. The van der Waals surface area contributed by atoms with E-state index >= 15 is 0 Å². The van der Waals surface area contributed by atoms with E-state index in [0.717, 1.165) is 36.7 Å². The standard InChI is InChI=1S/C20H36N4/c1-5-6-7-8-9-10-12-17-16(2)22-19(23-18(17)21)24-14-11-13-20(3,4)15-24/h5-15H2,1-4H3,(H2,21,22,23). The predicted octanol–water partition coefficient (Wildman–Crippen LogP) is 4.90. The van der Waals surface area contributed by atoms with Gasteiger partial charge in [-0.15, -0.1) is 0 Å². The van der Waals surface area contributed by atoms with Gasteiger partial charge in [-0.25, -0.2) is 4.98 Å². The molecule has 0 saturated carbocycles. The molecule has 136 valence electrons. The maximum absolute atomic E-state index is 6.28. The van der Waals surface area contributed by atoms with Gasteiger partial charge in [-0.3, -0.25) is 0 Å². The largest absolute Gasteiger partial charge is 0.383 e. The van der Waals surface area contributed by atoms with Gasteiger partial charge in [0.2, 0.25) is 5.95 Å². The number of rotatable bonds is 8. The minimum absolute atomic E-state index is 0.335. The lowest BCUT2D eigenvalue weighted by Crippen LogP contribution is -2.41. The molecule has 1 aliphatic rings. The second-order valence-corrected chi connectivity index (χ2v) is 8.18. The van der Waals surface area contributed by atoms with Gasteiger partial charge in [0.25, 0.3) is 0 Å². The highest BCUT2D eigenvalue weighted by molar-refractivity contribution is 5.48. The van der Waals surface area contributed by atoms with Crippen molar-refractivity contribution in [3.05, 3.63) is 11.3 Å². The normalized spacial score (nSPS) is 17.2. The Kier molecular flexibility index (Phi) is 6.88. The molecule has 1 fully saturated rings. The highest BCUT2D eigenvalue weighted by Gasteiger charge is 2.28. The van der Waals surface area contributed by atoms with Crippen molar-refractivity contribution in [2.24, 2.45) is 5.41 Å². The van der Waals surface area contributed by atoms with Crippen LogP contribution < -0.4 is 10.6 Å². The minimum Gasteiger partial charge on any atom is -0.383 e. The molecule has 0 radical (unpaired) electrons. The summed E-state index contributed by atoms with van der Waals surface area (Å²) in [5, 5.41) is 0. The summed E-state index contributed by atoms with van der Waals surface area (Å²) in [6.07, 6.45) is 11.3. The van der Waals surface area contributed by atoms with Crippen molar-refractivity contribution in [2.75, 3.05) is 23.7 Å². The van der Waals surface area contributed by atoms with E-state index in [0.29, 0.717) is 11.2 Å². The Morgan fingerprint density at radius 3 is 2.46 bits per heavy atom. The number of nitrogens with zero attached hydrogens (tertiary/aromatic N) is 3. The molecule has 0 spiro atoms. The zero-order chi connectivity index (χ0) is 17.6. The lowest BCUT2D eigenvalue weighted by Gasteiger charge is -2.38. The van der Waals surface area contributed by atoms with E-state index < -0.39 is 0 Å². The molecule has 1 aliphatic heterocycles. The van der Waals surface area contributed by atoms with Crippen LogP contribution in [0, 0.1) is 12.3 Å². The topological polar surface area (TPSA) is 55.0 Å². The van der Waals surface area contributed by atoms with Crippen LogP contribution in [-0.4, -0.2) is 23.1 Å². The Bertz CT molecular complexity index is 501. The average molecular weight is 333 g/mol. The number of anilines is 2. The molecular weight excluding hydrogens is 296 g/mol. The molecule has 1 saturated heterocycles. The number of aryl methyl sites for hydroxylation is 1. The quantitative estimate of drug-likeness (QED) is 0.688. The number of nitrogens with two attached hydrogens (primary N) is 1. The van der Waals surface area contributed by atoms with Crippen LogP contribution in [0.2, 0.25) is 0 Å². The number of hydrogen-bond donors (Lipinski definition) is 1. The molecule has 0 aromatic carbocycles. The first kappa shape index (κ1) is 19.0. The van der Waals surface area contributed by atoms with Crippen LogP contribution in [-0.2, 0) is 6.42 Å². The summed E-state index contributed by atoms with van der Waals surface area (Å²) in [6, 6.07) is 0. The van der Waals surface area contributed by atoms with Gasteiger partial charge in [0.05, 0.1) is 0 Å². The molecule has 4 heteroatoms. The zero-order valence-corrected chi connectivity index (χ0v) is 16.2. The summed E-state index contributed by atoms with van der Waals surface area (Å²) < 4.78 is 0. The molecule has 0 unspecified atom stereocenters. The van der Waals surface area contributed by atoms with Crippen molar-refractivity contribution in [1.82, 2.24) is 9.97 Å². The molecule has 1 aromatic rings. The molecule has 2 rings (SSSR count). The lowest BCUT2D eigenvalue weighted by molar-refractivity contribution is 0.291. The van der Waals surface area contributed by atoms with Crippen molar-refractivity contribution in [3.8, 4) is 0 Å². The molecule has 0 atom stereocenters. The fourth-order valence-corrected chi connectivity index (χ4v) is 3.73. The molecular formula is C20H36N4. The highest BCUT2D eigenvalue weighted by atomic mass is 15.3. The molecule has 0 aliphatic carbocycles. The number of nitrogen functional groups attached to an aromatic ring is 1. The van der Waals surface area contributed by atoms with Crippen LogP contribution in [0.4, 0.5) is 11.8 Å². The van der Waals surface area contributed by atoms with Crippen molar-refractivity contribution < 1.29 is 0 Å². The van der Waals surface area contributed by atoms with Crippen molar-refractivity contribution in [2.45, 2.75) is 85.5 Å². The Morgan fingerprint density at radius 1 is 1.08 bits per heavy atom. The zero-order valence-electron chi connectivity index (χ0n) is 16.2. The number of aromatic nitrogens is 2. The Labute approximate surface area is 148 Å². The van der Waals surface area contributed by atoms with Crippen molar-refractivity contribution >= 4 is 11.8 Å². The van der Waals surface area contributed by atoms with Gasteiger partial charge in [0, 0.05) is 24.3 Å². The van der Waals surface area contributed by atoms with Crippen LogP contribution in [0.5, 0.6) is 0 Å². The number of piperidine rings is 1. The summed E-state index contributed by atoms with van der Waals surface area (Å²) >= 11 is 0. The third kappa shape index (κ3) is 5.35. The second-order valence-electron chi connectivity index (χ2n) is 8.18. The monoisotopic (exact) mass is 332 g/mol. The van der Waals surface area contributed by atoms with Crippen LogP contribution in [0.1, 0.15) is 83.4 Å². The molecule has 1 aromatic heterocycles. The van der Waals surface area contributed by atoms with E-state index in [9.17, 15) is 0 Å². The molecule has 0 bridgehead atoms. The van der Waals surface area contributed by atoms with Gasteiger partial charge >= 0.3 is 0 Å². The summed E-state index contributed by atoms with van der Waals surface area (Å²) in [5.41, 5.74) is 8.84. The maximum atomic E-state index is 6.28. The van der Waals surface area contributed by atoms with Gasteiger partial charge in [0.15, 0.2) is 0 Å². The van der Waals surface area contributed by atoms with Crippen LogP contribution in [0.15, 0.2) is 0 Å². The first-order valence-electron chi connectivity index (χ1n) is 9.81. The predicted molar refractivity (Wildman–Crippen MR) is 103 cm³/mol. The fraction of sp³-hybridized carbons (Fsp3) is 0.800. The van der Waals surface area contributed by atoms with E-state index in [4.69, 9.17) is 10.7 Å². The van der Waals surface area contributed by atoms with E-state index in [2.05, 4.69) is 37.6 Å². The van der Waals surface area contributed by atoms with Crippen LogP contribution in [0.25, 0.3) is 0 Å². The van der Waals surface area contributed by atoms with E-state index in [1.54, 1.807) is 0 Å². The SMILES string of the molecule is CCCCCCCCc1c(C)nc(N2CCCC(C)(C)C2)nc1N. The third-order valence-electron chi connectivity index (χ3n) is 5.20. The average Bonchev–Trinajstić information content (AvgIpc) is 2.51. The Hall–Kier alpha value is -1.32. The van der Waals surface area contributed by atoms with Crippen molar-refractivity contribution in [3.63, 3.8) is 0 Å². The maximum Gasteiger partial charge on any atom is 0.227 e. The fourth-order valence-electron chi connectivity index (χ4n) is 3.73. The molecule has 0 amide bonds. The van der Waals surface area contributed by atoms with Crippen LogP contribution in [0.3, 0.4) is 0 Å². The van der Waals surface area contributed by atoms with Gasteiger partial charge < -0.3 is 10.6 Å². The lowest BCUT2D eigenvalue weighted by atomic mass is 9.84. The summed E-state index contributed by atoms with van der Waals surface area (Å²) in [7, 11) is 0. The summed E-state index contributed by atoms with van der Waals surface area (Å²) in [5.74, 6) is 1.51. The van der Waals surface area contributed by atoms with E-state index in [1.165, 1.54) is 51.4 Å². The van der Waals surface area contributed by atoms with Gasteiger partial charge in [0.1, 0.15) is 5.82 Å².